The molecule has 6 nitrogen and oxygen atoms in total. The summed E-state index contributed by atoms with van der Waals surface area (Å²) in [6, 6.07) is 9.19. The summed E-state index contributed by atoms with van der Waals surface area (Å²) < 4.78 is 0. The molecule has 6 heteroatoms. The molecule has 3 heterocycles. The highest BCUT2D eigenvalue weighted by Crippen LogP contribution is 2.23. The summed E-state index contributed by atoms with van der Waals surface area (Å²) >= 11 is 0. The van der Waals surface area contributed by atoms with Gasteiger partial charge in [-0.2, -0.15) is 5.10 Å². The molecule has 0 aliphatic carbocycles. The van der Waals surface area contributed by atoms with Crippen LogP contribution in [-0.4, -0.2) is 32.5 Å². The van der Waals surface area contributed by atoms with Gasteiger partial charge in [0.1, 0.15) is 0 Å². The third-order valence-electron chi connectivity index (χ3n) is 5.58. The van der Waals surface area contributed by atoms with Gasteiger partial charge >= 0.3 is 0 Å². The first kappa shape index (κ1) is 18.2. The Morgan fingerprint density at radius 3 is 2.68 bits per heavy atom. The second-order valence-electron chi connectivity index (χ2n) is 7.36. The average molecular weight is 376 g/mol. The lowest BCUT2D eigenvalue weighted by atomic mass is 10.0. The first-order valence-electron chi connectivity index (χ1n) is 9.63. The van der Waals surface area contributed by atoms with Gasteiger partial charge in [0, 0.05) is 47.6 Å². The summed E-state index contributed by atoms with van der Waals surface area (Å²) in [5.74, 6) is 0.00875. The van der Waals surface area contributed by atoms with Crippen LogP contribution < -0.4 is 5.56 Å². The van der Waals surface area contributed by atoms with Crippen molar-refractivity contribution < 1.29 is 4.79 Å². The third-order valence-corrected chi connectivity index (χ3v) is 5.58. The molecule has 0 spiro atoms. The first-order chi connectivity index (χ1) is 13.5. The Balaban J connectivity index is 1.57. The van der Waals surface area contributed by atoms with Gasteiger partial charge in [0.05, 0.1) is 5.69 Å². The van der Waals surface area contributed by atoms with Crippen LogP contribution in [0, 0.1) is 13.8 Å². The number of aromatic nitrogens is 3. The van der Waals surface area contributed by atoms with Gasteiger partial charge in [-0.15, -0.1) is 0 Å². The number of nitrogens with zero attached hydrogens (tertiary/aromatic N) is 2. The highest BCUT2D eigenvalue weighted by Gasteiger charge is 2.25. The molecule has 1 aliphatic heterocycles. The predicted molar refractivity (Wildman–Crippen MR) is 108 cm³/mol. The maximum absolute atomic E-state index is 13.0. The molecule has 2 N–H and O–H groups in total. The number of aromatic amines is 2. The smallest absolute Gasteiger partial charge is 0.256 e. The third kappa shape index (κ3) is 3.15. The quantitative estimate of drug-likeness (QED) is 0.737. The normalized spacial score (nSPS) is 13.5. The maximum Gasteiger partial charge on any atom is 0.256 e. The van der Waals surface area contributed by atoms with Crippen molar-refractivity contribution in [1.82, 2.24) is 20.1 Å². The van der Waals surface area contributed by atoms with Crippen LogP contribution in [0.1, 0.15) is 45.5 Å². The molecule has 0 bridgehead atoms. The number of amides is 1. The molecule has 144 valence electrons. The Bertz CT molecular complexity index is 1080. The largest absolute Gasteiger partial charge is 0.334 e. The van der Waals surface area contributed by atoms with Gasteiger partial charge in [-0.3, -0.25) is 14.7 Å². The molecule has 3 aromatic rings. The molecular formula is C22H24N4O2. The molecule has 28 heavy (non-hydrogen) atoms. The Labute approximate surface area is 163 Å². The molecule has 0 unspecified atom stereocenters. The highest BCUT2D eigenvalue weighted by molar-refractivity contribution is 5.94. The van der Waals surface area contributed by atoms with Gasteiger partial charge in [-0.05, 0) is 49.6 Å². The minimum atomic E-state index is -0.113. The number of pyridine rings is 1. The summed E-state index contributed by atoms with van der Waals surface area (Å²) in [4.78, 5) is 30.0. The maximum atomic E-state index is 13.0. The van der Waals surface area contributed by atoms with Crippen molar-refractivity contribution in [3.05, 3.63) is 74.5 Å². The van der Waals surface area contributed by atoms with Crippen LogP contribution in [0.25, 0.3) is 11.1 Å². The summed E-state index contributed by atoms with van der Waals surface area (Å²) in [6.45, 7) is 7.20. The Morgan fingerprint density at radius 2 is 1.96 bits per heavy atom. The first-order valence-corrected chi connectivity index (χ1v) is 9.63. The van der Waals surface area contributed by atoms with Gasteiger partial charge in [0.15, 0.2) is 0 Å². The van der Waals surface area contributed by atoms with Crippen molar-refractivity contribution >= 4 is 5.91 Å². The van der Waals surface area contributed by atoms with Gasteiger partial charge in [-0.1, -0.05) is 19.1 Å². The zero-order chi connectivity index (χ0) is 19.8. The van der Waals surface area contributed by atoms with Gasteiger partial charge in [-0.25, -0.2) is 0 Å². The van der Waals surface area contributed by atoms with Crippen LogP contribution in [0.2, 0.25) is 0 Å². The molecule has 0 fully saturated rings. The van der Waals surface area contributed by atoms with E-state index in [4.69, 9.17) is 0 Å². The molecule has 4 rings (SSSR count). The summed E-state index contributed by atoms with van der Waals surface area (Å²) in [5, 5.41) is 7.45. The monoisotopic (exact) mass is 376 g/mol. The number of carbonyl (C=O) groups excluding carboxylic acids is 1. The second-order valence-corrected chi connectivity index (χ2v) is 7.36. The molecule has 1 aliphatic rings. The van der Waals surface area contributed by atoms with E-state index in [-0.39, 0.29) is 11.5 Å². The molecule has 1 aromatic carbocycles. The van der Waals surface area contributed by atoms with Crippen LogP contribution in [0.3, 0.4) is 0 Å². The van der Waals surface area contributed by atoms with Gasteiger partial charge in [0.25, 0.3) is 11.5 Å². The molecule has 1 amide bonds. The van der Waals surface area contributed by atoms with Crippen LogP contribution >= 0.6 is 0 Å². The minimum absolute atomic E-state index is 0.00875. The van der Waals surface area contributed by atoms with Crippen molar-refractivity contribution in [3.63, 3.8) is 0 Å². The number of aryl methyl sites for hydroxylation is 3. The fraction of sp³-hybridized carbons (Fsp3) is 0.318. The Hall–Kier alpha value is -3.15. The molecule has 0 saturated carbocycles. The van der Waals surface area contributed by atoms with Crippen LogP contribution in [-0.2, 0) is 19.4 Å². The van der Waals surface area contributed by atoms with Gasteiger partial charge in [0.2, 0.25) is 0 Å². The van der Waals surface area contributed by atoms with Gasteiger partial charge < -0.3 is 9.88 Å². The van der Waals surface area contributed by atoms with E-state index in [2.05, 4.69) is 22.1 Å². The van der Waals surface area contributed by atoms with Crippen molar-refractivity contribution in [2.24, 2.45) is 0 Å². The van der Waals surface area contributed by atoms with E-state index in [9.17, 15) is 9.59 Å². The number of H-pyrrole nitrogens is 2. The number of hydrogen-bond acceptors (Lipinski definition) is 3. The van der Waals surface area contributed by atoms with Crippen LogP contribution in [0.4, 0.5) is 0 Å². The van der Waals surface area contributed by atoms with E-state index >= 15 is 0 Å². The zero-order valence-corrected chi connectivity index (χ0v) is 16.4. The summed E-state index contributed by atoms with van der Waals surface area (Å²) in [7, 11) is 0. The standard InChI is InChI=1S/C22H24N4O2/c1-4-19-18-12-26(10-9-20(18)25-24-19)22(28)16-7-5-15(6-8-16)17-11-13(2)14(3)23-21(17)27/h5-8,11H,4,9-10,12H2,1-3H3,(H,23,27)(H,24,25). The summed E-state index contributed by atoms with van der Waals surface area (Å²) in [6.07, 6.45) is 1.65. The Kier molecular flexibility index (Phi) is 4.63. The SMILES string of the molecule is CCc1n[nH]c2c1CN(C(=O)c1ccc(-c3cc(C)c(C)[nH]c3=O)cc1)CC2. The lowest BCUT2D eigenvalue weighted by Gasteiger charge is -2.27. The van der Waals surface area contributed by atoms with Crippen molar-refractivity contribution in [3.8, 4) is 11.1 Å². The van der Waals surface area contributed by atoms with E-state index in [0.29, 0.717) is 24.2 Å². The van der Waals surface area contributed by atoms with Crippen molar-refractivity contribution in [1.29, 1.82) is 0 Å². The molecule has 0 radical (unpaired) electrons. The number of rotatable bonds is 3. The average Bonchev–Trinajstić information content (AvgIpc) is 3.12. The minimum Gasteiger partial charge on any atom is -0.334 e. The fourth-order valence-corrected chi connectivity index (χ4v) is 3.74. The number of hydrogen-bond donors (Lipinski definition) is 2. The highest BCUT2D eigenvalue weighted by atomic mass is 16.2. The second kappa shape index (κ2) is 7.11. The van der Waals surface area contributed by atoms with Crippen molar-refractivity contribution in [2.75, 3.05) is 6.54 Å². The predicted octanol–water partition coefficient (Wildman–Crippen LogP) is 3.14. The molecule has 0 atom stereocenters. The number of nitrogens with one attached hydrogen (secondary N) is 2. The Morgan fingerprint density at radius 1 is 1.21 bits per heavy atom. The molecule has 2 aromatic heterocycles. The van der Waals surface area contributed by atoms with E-state index in [0.717, 1.165) is 46.6 Å². The molecular weight excluding hydrogens is 352 g/mol. The summed E-state index contributed by atoms with van der Waals surface area (Å²) in [5.41, 5.74) is 7.19. The van der Waals surface area contributed by atoms with E-state index in [1.807, 2.05) is 36.9 Å². The lowest BCUT2D eigenvalue weighted by Crippen LogP contribution is -2.36. The van der Waals surface area contributed by atoms with Crippen LogP contribution in [0.15, 0.2) is 35.1 Å². The van der Waals surface area contributed by atoms with E-state index < -0.39 is 0 Å². The van der Waals surface area contributed by atoms with Crippen molar-refractivity contribution in [2.45, 2.75) is 40.2 Å². The molecule has 0 saturated heterocycles. The number of fused-ring (bicyclic) bond motifs is 1. The number of benzene rings is 1. The zero-order valence-electron chi connectivity index (χ0n) is 16.4. The van der Waals surface area contributed by atoms with E-state index in [1.165, 1.54) is 0 Å². The topological polar surface area (TPSA) is 81.8 Å². The van der Waals surface area contributed by atoms with E-state index in [1.54, 1.807) is 12.1 Å². The number of carbonyl (C=O) groups is 1. The fourth-order valence-electron chi connectivity index (χ4n) is 3.74. The van der Waals surface area contributed by atoms with Crippen LogP contribution in [0.5, 0.6) is 0 Å². The lowest BCUT2D eigenvalue weighted by molar-refractivity contribution is 0.0734.